The van der Waals surface area contributed by atoms with Gasteiger partial charge in [0.05, 0.1) is 11.5 Å². The third kappa shape index (κ3) is 6.11. The van der Waals surface area contributed by atoms with Crippen molar-refractivity contribution in [2.75, 3.05) is 33.4 Å². The summed E-state index contributed by atoms with van der Waals surface area (Å²) in [5.74, 6) is -1.21. The second-order valence-corrected chi connectivity index (χ2v) is 8.30. The first-order valence-corrected chi connectivity index (χ1v) is 11.0. The molecule has 1 aromatic carbocycles. The number of piperidine rings is 1. The van der Waals surface area contributed by atoms with E-state index in [0.717, 1.165) is 0 Å². The molecule has 1 aliphatic rings. The van der Waals surface area contributed by atoms with Gasteiger partial charge in [-0.1, -0.05) is 6.07 Å². The van der Waals surface area contributed by atoms with Crippen LogP contribution < -0.4 is 10.6 Å². The summed E-state index contributed by atoms with van der Waals surface area (Å²) in [4.78, 5) is 40.3. The van der Waals surface area contributed by atoms with Gasteiger partial charge >= 0.3 is 0 Å². The number of hydrogen-bond acceptors (Lipinski definition) is 5. The molecule has 31 heavy (non-hydrogen) atoms. The van der Waals surface area contributed by atoms with Crippen LogP contribution in [0.15, 0.2) is 41.8 Å². The Labute approximate surface area is 184 Å². The molecule has 1 atom stereocenters. The third-order valence-electron chi connectivity index (χ3n) is 5.31. The van der Waals surface area contributed by atoms with Crippen LogP contribution >= 0.6 is 11.3 Å². The number of thiophene rings is 1. The van der Waals surface area contributed by atoms with E-state index in [2.05, 4.69) is 10.6 Å². The van der Waals surface area contributed by atoms with E-state index >= 15 is 0 Å². The first kappa shape index (κ1) is 22.9. The van der Waals surface area contributed by atoms with Gasteiger partial charge in [0.25, 0.3) is 11.8 Å². The number of methoxy groups -OCH3 is 1. The lowest BCUT2D eigenvalue weighted by atomic mass is 9.88. The van der Waals surface area contributed by atoms with Gasteiger partial charge in [0.15, 0.2) is 0 Å². The van der Waals surface area contributed by atoms with Crippen molar-refractivity contribution >= 4 is 29.1 Å². The fraction of sp³-hybridized carbons (Fsp3) is 0.409. The lowest BCUT2D eigenvalue weighted by molar-refractivity contribution is -0.124. The standard InChI is InChI=1S/C22H26FN3O4S/c1-30-13-10-24-21(28)19(25-20(27)18-3-2-14-31-18)15-8-11-26(12-9-15)22(29)16-4-6-17(23)7-5-16/h2-7,14-15,19H,8-13H2,1H3,(H,24,28)(H,25,27)/t19-/m1/s1. The summed E-state index contributed by atoms with van der Waals surface area (Å²) >= 11 is 1.31. The molecule has 0 unspecified atom stereocenters. The van der Waals surface area contributed by atoms with Gasteiger partial charge in [-0.3, -0.25) is 14.4 Å². The number of nitrogens with zero attached hydrogens (tertiary/aromatic N) is 1. The molecule has 0 aliphatic carbocycles. The highest BCUT2D eigenvalue weighted by Gasteiger charge is 2.34. The molecule has 3 rings (SSSR count). The highest BCUT2D eigenvalue weighted by Crippen LogP contribution is 2.23. The summed E-state index contributed by atoms with van der Waals surface area (Å²) in [6.07, 6.45) is 1.14. The van der Waals surface area contributed by atoms with E-state index in [1.807, 2.05) is 5.38 Å². The SMILES string of the molecule is COCCNC(=O)[C@H](NC(=O)c1cccs1)C1CCN(C(=O)c2ccc(F)cc2)CC1. The number of ether oxygens (including phenoxy) is 1. The molecule has 3 amide bonds. The molecule has 2 aromatic rings. The molecular weight excluding hydrogens is 421 g/mol. The van der Waals surface area contributed by atoms with Gasteiger partial charge in [-0.2, -0.15) is 0 Å². The molecule has 0 spiro atoms. The summed E-state index contributed by atoms with van der Waals surface area (Å²) in [5, 5.41) is 7.48. The van der Waals surface area contributed by atoms with E-state index in [9.17, 15) is 18.8 Å². The number of halogens is 1. The van der Waals surface area contributed by atoms with E-state index < -0.39 is 6.04 Å². The molecule has 1 saturated heterocycles. The van der Waals surface area contributed by atoms with E-state index in [1.54, 1.807) is 24.1 Å². The molecule has 1 fully saturated rings. The summed E-state index contributed by atoms with van der Waals surface area (Å²) in [5.41, 5.74) is 0.430. The Bertz CT molecular complexity index is 881. The smallest absolute Gasteiger partial charge is 0.262 e. The van der Waals surface area contributed by atoms with Gasteiger partial charge in [-0.15, -0.1) is 11.3 Å². The minimum Gasteiger partial charge on any atom is -0.383 e. The zero-order chi connectivity index (χ0) is 22.2. The summed E-state index contributed by atoms with van der Waals surface area (Å²) < 4.78 is 18.1. The van der Waals surface area contributed by atoms with Gasteiger partial charge < -0.3 is 20.3 Å². The highest BCUT2D eigenvalue weighted by atomic mass is 32.1. The molecule has 0 bridgehead atoms. The molecule has 2 heterocycles. The number of carbonyl (C=O) groups is 3. The van der Waals surface area contributed by atoms with Crippen molar-refractivity contribution in [3.63, 3.8) is 0 Å². The van der Waals surface area contributed by atoms with Crippen molar-refractivity contribution in [3.8, 4) is 0 Å². The second-order valence-electron chi connectivity index (χ2n) is 7.35. The Morgan fingerprint density at radius 2 is 1.90 bits per heavy atom. The maximum atomic E-state index is 13.1. The number of amides is 3. The van der Waals surface area contributed by atoms with Crippen molar-refractivity contribution in [1.29, 1.82) is 0 Å². The summed E-state index contributed by atoms with van der Waals surface area (Å²) in [6, 6.07) is 8.26. The Morgan fingerprint density at radius 1 is 1.19 bits per heavy atom. The predicted molar refractivity (Wildman–Crippen MR) is 115 cm³/mol. The Balaban J connectivity index is 1.64. The monoisotopic (exact) mass is 447 g/mol. The molecule has 2 N–H and O–H groups in total. The molecule has 1 aromatic heterocycles. The highest BCUT2D eigenvalue weighted by molar-refractivity contribution is 7.12. The lowest BCUT2D eigenvalue weighted by Gasteiger charge is -2.35. The maximum absolute atomic E-state index is 13.1. The van der Waals surface area contributed by atoms with Crippen LogP contribution in [0.3, 0.4) is 0 Å². The van der Waals surface area contributed by atoms with Crippen molar-refractivity contribution in [2.45, 2.75) is 18.9 Å². The van der Waals surface area contributed by atoms with Gasteiger partial charge in [0.1, 0.15) is 11.9 Å². The molecule has 166 valence electrons. The fourth-order valence-corrected chi connectivity index (χ4v) is 4.24. The summed E-state index contributed by atoms with van der Waals surface area (Å²) in [6.45, 7) is 1.64. The zero-order valence-electron chi connectivity index (χ0n) is 17.3. The van der Waals surface area contributed by atoms with E-state index in [-0.39, 0.29) is 29.5 Å². The minimum absolute atomic E-state index is 0.108. The van der Waals surface area contributed by atoms with Gasteiger partial charge in [0.2, 0.25) is 5.91 Å². The van der Waals surface area contributed by atoms with E-state index in [1.165, 1.54) is 35.6 Å². The quantitative estimate of drug-likeness (QED) is 0.608. The normalized spacial score (nSPS) is 15.4. The second kappa shape index (κ2) is 11.0. The average molecular weight is 448 g/mol. The van der Waals surface area contributed by atoms with Crippen LogP contribution in [0.2, 0.25) is 0 Å². The van der Waals surface area contributed by atoms with Crippen LogP contribution in [0.5, 0.6) is 0 Å². The minimum atomic E-state index is -0.700. The van der Waals surface area contributed by atoms with Crippen LogP contribution in [0.1, 0.15) is 32.9 Å². The van der Waals surface area contributed by atoms with Crippen molar-refractivity contribution in [1.82, 2.24) is 15.5 Å². The number of hydrogen-bond donors (Lipinski definition) is 2. The molecule has 7 nitrogen and oxygen atoms in total. The number of nitrogens with one attached hydrogen (secondary N) is 2. The van der Waals surface area contributed by atoms with Crippen molar-refractivity contribution < 1.29 is 23.5 Å². The number of carbonyl (C=O) groups excluding carboxylic acids is 3. The van der Waals surface area contributed by atoms with Crippen LogP contribution in [0, 0.1) is 11.7 Å². The Kier molecular flexibility index (Phi) is 8.13. The zero-order valence-corrected chi connectivity index (χ0v) is 18.1. The average Bonchev–Trinajstić information content (AvgIpc) is 3.33. The van der Waals surface area contributed by atoms with Crippen LogP contribution in [-0.4, -0.2) is 62.0 Å². The van der Waals surface area contributed by atoms with E-state index in [4.69, 9.17) is 4.74 Å². The van der Waals surface area contributed by atoms with Crippen molar-refractivity contribution in [3.05, 3.63) is 58.0 Å². The summed E-state index contributed by atoms with van der Waals surface area (Å²) in [7, 11) is 1.55. The van der Waals surface area contributed by atoms with Crippen LogP contribution in [0.25, 0.3) is 0 Å². The van der Waals surface area contributed by atoms with Crippen LogP contribution in [0.4, 0.5) is 4.39 Å². The molecule has 1 aliphatic heterocycles. The largest absolute Gasteiger partial charge is 0.383 e. The topological polar surface area (TPSA) is 87.7 Å². The van der Waals surface area contributed by atoms with Gasteiger partial charge in [-0.25, -0.2) is 4.39 Å². The number of benzene rings is 1. The van der Waals surface area contributed by atoms with E-state index in [0.29, 0.717) is 49.5 Å². The predicted octanol–water partition coefficient (Wildman–Crippen LogP) is 2.30. The van der Waals surface area contributed by atoms with Gasteiger partial charge in [-0.05, 0) is 54.5 Å². The first-order chi connectivity index (χ1) is 15.0. The van der Waals surface area contributed by atoms with Crippen LogP contribution in [-0.2, 0) is 9.53 Å². The molecule has 0 saturated carbocycles. The lowest BCUT2D eigenvalue weighted by Crippen LogP contribution is -2.54. The Morgan fingerprint density at radius 3 is 2.52 bits per heavy atom. The maximum Gasteiger partial charge on any atom is 0.262 e. The molecule has 9 heteroatoms. The number of likely N-dealkylation sites (tertiary alicyclic amines) is 1. The first-order valence-electron chi connectivity index (χ1n) is 10.2. The molecular formula is C22H26FN3O4S. The Hall–Kier alpha value is -2.78. The number of rotatable bonds is 8. The molecule has 0 radical (unpaired) electrons. The fourth-order valence-electron chi connectivity index (χ4n) is 3.61. The third-order valence-corrected chi connectivity index (χ3v) is 6.18. The van der Waals surface area contributed by atoms with Gasteiger partial charge in [0, 0.05) is 32.3 Å². The van der Waals surface area contributed by atoms with Crippen molar-refractivity contribution in [2.24, 2.45) is 5.92 Å².